The van der Waals surface area contributed by atoms with Gasteiger partial charge in [-0.15, -0.1) is 5.10 Å². The largest absolute Gasteiger partial charge is 0.478 e. The van der Waals surface area contributed by atoms with Gasteiger partial charge in [-0.3, -0.25) is 10.1 Å². The molecular formula is C11H8N4O3. The number of aromatic carboxylic acids is 1. The number of hydrogen-bond acceptors (Lipinski definition) is 5. The molecule has 0 aliphatic carbocycles. The molecule has 2 aromatic rings. The van der Waals surface area contributed by atoms with Crippen LogP contribution < -0.4 is 5.32 Å². The van der Waals surface area contributed by atoms with Crippen LogP contribution in [0.3, 0.4) is 0 Å². The number of anilines is 1. The average Bonchev–Trinajstić information content (AvgIpc) is 2.40. The maximum absolute atomic E-state index is 11.7. The fourth-order valence-corrected chi connectivity index (χ4v) is 1.24. The molecule has 1 amide bonds. The van der Waals surface area contributed by atoms with E-state index in [2.05, 4.69) is 20.5 Å². The lowest BCUT2D eigenvalue weighted by atomic mass is 10.1. The molecule has 1 heterocycles. The Kier molecular flexibility index (Phi) is 3.24. The van der Waals surface area contributed by atoms with Crippen LogP contribution in [-0.4, -0.2) is 32.2 Å². The van der Waals surface area contributed by atoms with Crippen molar-refractivity contribution in [2.24, 2.45) is 0 Å². The van der Waals surface area contributed by atoms with Crippen molar-refractivity contribution < 1.29 is 14.7 Å². The van der Waals surface area contributed by atoms with Gasteiger partial charge in [0, 0.05) is 5.56 Å². The van der Waals surface area contributed by atoms with E-state index in [-0.39, 0.29) is 11.5 Å². The van der Waals surface area contributed by atoms with Crippen molar-refractivity contribution in [2.45, 2.75) is 0 Å². The Bertz CT molecular complexity index is 569. The number of aromatic nitrogens is 3. The number of nitrogens with one attached hydrogen (secondary N) is 1. The van der Waals surface area contributed by atoms with Crippen LogP contribution in [0.1, 0.15) is 20.7 Å². The van der Waals surface area contributed by atoms with Crippen molar-refractivity contribution in [3.8, 4) is 0 Å². The van der Waals surface area contributed by atoms with Gasteiger partial charge in [-0.05, 0) is 24.3 Å². The number of nitrogens with zero attached hydrogens (tertiary/aromatic N) is 3. The second-order valence-electron chi connectivity index (χ2n) is 3.30. The maximum Gasteiger partial charge on any atom is 0.335 e. The molecule has 2 rings (SSSR count). The quantitative estimate of drug-likeness (QED) is 0.828. The van der Waals surface area contributed by atoms with Crippen LogP contribution in [0.15, 0.2) is 36.7 Å². The van der Waals surface area contributed by atoms with Crippen molar-refractivity contribution in [3.05, 3.63) is 47.8 Å². The van der Waals surface area contributed by atoms with Crippen LogP contribution in [0.4, 0.5) is 5.95 Å². The van der Waals surface area contributed by atoms with Crippen molar-refractivity contribution in [3.63, 3.8) is 0 Å². The molecule has 0 aliphatic rings. The number of carbonyl (C=O) groups excluding carboxylic acids is 1. The first kappa shape index (κ1) is 11.6. The first-order valence-corrected chi connectivity index (χ1v) is 4.95. The average molecular weight is 244 g/mol. The van der Waals surface area contributed by atoms with Gasteiger partial charge in [0.25, 0.3) is 5.91 Å². The lowest BCUT2D eigenvalue weighted by Crippen LogP contribution is -2.14. The van der Waals surface area contributed by atoms with Crippen LogP contribution in [0.2, 0.25) is 0 Å². The molecule has 0 fully saturated rings. The zero-order valence-electron chi connectivity index (χ0n) is 9.07. The Labute approximate surface area is 102 Å². The van der Waals surface area contributed by atoms with E-state index < -0.39 is 11.9 Å². The molecule has 0 aliphatic heterocycles. The topological polar surface area (TPSA) is 105 Å². The number of benzene rings is 1. The number of rotatable bonds is 3. The molecule has 0 bridgehead atoms. The lowest BCUT2D eigenvalue weighted by Gasteiger charge is -2.02. The summed E-state index contributed by atoms with van der Waals surface area (Å²) in [4.78, 5) is 26.2. The molecule has 0 unspecified atom stereocenters. The van der Waals surface area contributed by atoms with Crippen LogP contribution in [0.5, 0.6) is 0 Å². The number of carboxylic acid groups (broad SMARTS) is 1. The second-order valence-corrected chi connectivity index (χ2v) is 3.30. The number of amides is 1. The predicted molar refractivity (Wildman–Crippen MR) is 61.2 cm³/mol. The predicted octanol–water partition coefficient (Wildman–Crippen LogP) is 0.822. The molecule has 0 saturated heterocycles. The van der Waals surface area contributed by atoms with E-state index in [1.54, 1.807) is 0 Å². The molecule has 0 saturated carbocycles. The third-order valence-electron chi connectivity index (χ3n) is 2.10. The number of carbonyl (C=O) groups is 2. The molecule has 7 heteroatoms. The zero-order valence-corrected chi connectivity index (χ0v) is 9.07. The van der Waals surface area contributed by atoms with Crippen LogP contribution in [-0.2, 0) is 0 Å². The highest BCUT2D eigenvalue weighted by Crippen LogP contribution is 2.06. The lowest BCUT2D eigenvalue weighted by molar-refractivity contribution is 0.0696. The van der Waals surface area contributed by atoms with Crippen molar-refractivity contribution in [1.29, 1.82) is 0 Å². The monoisotopic (exact) mass is 244 g/mol. The van der Waals surface area contributed by atoms with Gasteiger partial charge in [0.05, 0.1) is 18.0 Å². The Morgan fingerprint density at radius 2 is 1.72 bits per heavy atom. The first-order valence-electron chi connectivity index (χ1n) is 4.95. The highest BCUT2D eigenvalue weighted by Gasteiger charge is 2.09. The van der Waals surface area contributed by atoms with E-state index in [4.69, 9.17) is 5.11 Å². The summed E-state index contributed by atoms with van der Waals surface area (Å²) >= 11 is 0. The smallest absolute Gasteiger partial charge is 0.335 e. The van der Waals surface area contributed by atoms with E-state index in [0.29, 0.717) is 5.56 Å². The molecule has 0 atom stereocenters. The molecule has 1 aromatic heterocycles. The van der Waals surface area contributed by atoms with E-state index in [1.165, 1.54) is 36.7 Å². The normalized spacial score (nSPS) is 9.78. The minimum Gasteiger partial charge on any atom is -0.478 e. The molecule has 90 valence electrons. The molecule has 2 N–H and O–H groups in total. The van der Waals surface area contributed by atoms with Gasteiger partial charge in [0.2, 0.25) is 5.95 Å². The van der Waals surface area contributed by atoms with E-state index in [1.807, 2.05) is 0 Å². The highest BCUT2D eigenvalue weighted by molar-refractivity contribution is 6.03. The Hall–Kier alpha value is -2.83. The fraction of sp³-hybridized carbons (Fsp3) is 0. The third kappa shape index (κ3) is 2.64. The Morgan fingerprint density at radius 1 is 1.06 bits per heavy atom. The molecule has 0 spiro atoms. The van der Waals surface area contributed by atoms with Crippen molar-refractivity contribution in [2.75, 3.05) is 5.32 Å². The molecule has 7 nitrogen and oxygen atoms in total. The summed E-state index contributed by atoms with van der Waals surface area (Å²) in [6.45, 7) is 0. The summed E-state index contributed by atoms with van der Waals surface area (Å²) in [5.74, 6) is -1.39. The third-order valence-corrected chi connectivity index (χ3v) is 2.10. The van der Waals surface area contributed by atoms with Crippen LogP contribution in [0, 0.1) is 0 Å². The summed E-state index contributed by atoms with van der Waals surface area (Å²) in [7, 11) is 0. The summed E-state index contributed by atoms with van der Waals surface area (Å²) < 4.78 is 0. The highest BCUT2D eigenvalue weighted by atomic mass is 16.4. The zero-order chi connectivity index (χ0) is 13.0. The minimum absolute atomic E-state index is 0.0878. The van der Waals surface area contributed by atoms with Gasteiger partial charge in [-0.2, -0.15) is 5.10 Å². The Morgan fingerprint density at radius 3 is 2.28 bits per heavy atom. The molecule has 1 aromatic carbocycles. The Balaban J connectivity index is 2.12. The van der Waals surface area contributed by atoms with E-state index in [0.717, 1.165) is 0 Å². The molecule has 0 radical (unpaired) electrons. The van der Waals surface area contributed by atoms with Gasteiger partial charge in [-0.1, -0.05) is 0 Å². The second kappa shape index (κ2) is 5.00. The number of hydrogen-bond donors (Lipinski definition) is 2. The van der Waals surface area contributed by atoms with Gasteiger partial charge < -0.3 is 5.11 Å². The van der Waals surface area contributed by atoms with E-state index >= 15 is 0 Å². The maximum atomic E-state index is 11.7. The van der Waals surface area contributed by atoms with Gasteiger partial charge >= 0.3 is 5.97 Å². The standard InChI is InChI=1S/C11H8N4O3/c16-9(14-11-12-5-6-13-15-11)7-1-3-8(4-2-7)10(17)18/h1-6H,(H,17,18)(H,12,14,15,16). The van der Waals surface area contributed by atoms with Gasteiger partial charge in [0.15, 0.2) is 0 Å². The SMILES string of the molecule is O=C(O)c1ccc(C(=O)Nc2nccnn2)cc1. The van der Waals surface area contributed by atoms with E-state index in [9.17, 15) is 9.59 Å². The number of carboxylic acids is 1. The van der Waals surface area contributed by atoms with Crippen LogP contribution in [0.25, 0.3) is 0 Å². The van der Waals surface area contributed by atoms with Gasteiger partial charge in [-0.25, -0.2) is 9.78 Å². The molecule has 18 heavy (non-hydrogen) atoms. The van der Waals surface area contributed by atoms with Crippen LogP contribution >= 0.6 is 0 Å². The molecular weight excluding hydrogens is 236 g/mol. The first-order chi connectivity index (χ1) is 8.66. The summed E-state index contributed by atoms with van der Waals surface area (Å²) in [6.07, 6.45) is 2.79. The van der Waals surface area contributed by atoms with Crippen molar-refractivity contribution >= 4 is 17.8 Å². The van der Waals surface area contributed by atoms with Gasteiger partial charge in [0.1, 0.15) is 0 Å². The summed E-state index contributed by atoms with van der Waals surface area (Å²) in [5.41, 5.74) is 0.427. The van der Waals surface area contributed by atoms with Crippen molar-refractivity contribution in [1.82, 2.24) is 15.2 Å². The summed E-state index contributed by atoms with van der Waals surface area (Å²) in [6, 6.07) is 5.52. The minimum atomic E-state index is -1.04. The fourth-order valence-electron chi connectivity index (χ4n) is 1.24. The summed E-state index contributed by atoms with van der Waals surface area (Å²) in [5, 5.41) is 18.3.